The SMILES string of the molecule is Oc1c(Cl)cccc1CNCC1CCCOC1. The van der Waals surface area contributed by atoms with E-state index in [0.29, 0.717) is 17.5 Å². The molecule has 1 saturated heterocycles. The first-order chi connectivity index (χ1) is 8.27. The van der Waals surface area contributed by atoms with Crippen LogP contribution in [0.4, 0.5) is 0 Å². The molecular weight excluding hydrogens is 238 g/mol. The van der Waals surface area contributed by atoms with Crippen molar-refractivity contribution in [3.63, 3.8) is 0 Å². The highest BCUT2D eigenvalue weighted by atomic mass is 35.5. The smallest absolute Gasteiger partial charge is 0.138 e. The van der Waals surface area contributed by atoms with Gasteiger partial charge >= 0.3 is 0 Å². The molecule has 0 aromatic heterocycles. The third-order valence-corrected chi connectivity index (χ3v) is 3.38. The van der Waals surface area contributed by atoms with Crippen LogP contribution in [0.2, 0.25) is 5.02 Å². The lowest BCUT2D eigenvalue weighted by atomic mass is 10.0. The van der Waals surface area contributed by atoms with Crippen molar-refractivity contribution in [1.29, 1.82) is 0 Å². The molecule has 1 aromatic carbocycles. The highest BCUT2D eigenvalue weighted by molar-refractivity contribution is 6.32. The number of hydrogen-bond acceptors (Lipinski definition) is 3. The largest absolute Gasteiger partial charge is 0.506 e. The molecule has 3 nitrogen and oxygen atoms in total. The number of rotatable bonds is 4. The van der Waals surface area contributed by atoms with E-state index < -0.39 is 0 Å². The Morgan fingerprint density at radius 2 is 2.35 bits per heavy atom. The average Bonchev–Trinajstić information content (AvgIpc) is 2.36. The second-order valence-electron chi connectivity index (χ2n) is 4.46. The molecule has 0 radical (unpaired) electrons. The number of phenols is 1. The molecule has 1 fully saturated rings. The standard InChI is InChI=1S/C13H18ClNO2/c14-12-5-1-4-11(13(12)16)8-15-7-10-3-2-6-17-9-10/h1,4-5,10,15-16H,2-3,6-9H2. The number of phenolic OH excluding ortho intramolecular Hbond substituents is 1. The van der Waals surface area contributed by atoms with Gasteiger partial charge in [0, 0.05) is 25.3 Å². The Balaban J connectivity index is 1.79. The van der Waals surface area contributed by atoms with Gasteiger partial charge in [-0.25, -0.2) is 0 Å². The number of halogens is 1. The molecule has 1 aromatic rings. The topological polar surface area (TPSA) is 41.5 Å². The second-order valence-corrected chi connectivity index (χ2v) is 4.87. The van der Waals surface area contributed by atoms with Crippen LogP contribution < -0.4 is 5.32 Å². The number of ether oxygens (including phenoxy) is 1. The molecule has 1 aliphatic heterocycles. The summed E-state index contributed by atoms with van der Waals surface area (Å²) in [5.74, 6) is 0.770. The number of para-hydroxylation sites is 1. The zero-order chi connectivity index (χ0) is 12.1. The quantitative estimate of drug-likeness (QED) is 0.869. The fourth-order valence-corrected chi connectivity index (χ4v) is 2.28. The fraction of sp³-hybridized carbons (Fsp3) is 0.538. The molecule has 1 aliphatic rings. The van der Waals surface area contributed by atoms with E-state index in [1.807, 2.05) is 12.1 Å². The predicted octanol–water partition coefficient (Wildman–Crippen LogP) is 2.56. The Labute approximate surface area is 107 Å². The fourth-order valence-electron chi connectivity index (χ4n) is 2.08. The summed E-state index contributed by atoms with van der Waals surface area (Å²) >= 11 is 5.84. The zero-order valence-electron chi connectivity index (χ0n) is 9.79. The van der Waals surface area contributed by atoms with Crippen molar-refractivity contribution in [1.82, 2.24) is 5.32 Å². The first-order valence-electron chi connectivity index (χ1n) is 6.02. The zero-order valence-corrected chi connectivity index (χ0v) is 10.5. The van der Waals surface area contributed by atoms with Crippen LogP contribution in [0.25, 0.3) is 0 Å². The highest BCUT2D eigenvalue weighted by Gasteiger charge is 2.13. The van der Waals surface area contributed by atoms with Gasteiger partial charge in [0.05, 0.1) is 11.6 Å². The van der Waals surface area contributed by atoms with Gasteiger partial charge in [-0.3, -0.25) is 0 Å². The molecular formula is C13H18ClNO2. The van der Waals surface area contributed by atoms with Gasteiger partial charge in [0.25, 0.3) is 0 Å². The van der Waals surface area contributed by atoms with E-state index in [-0.39, 0.29) is 5.75 Å². The Kier molecular flexibility index (Phi) is 4.66. The van der Waals surface area contributed by atoms with Gasteiger partial charge in [0.1, 0.15) is 5.75 Å². The van der Waals surface area contributed by atoms with E-state index in [1.165, 1.54) is 6.42 Å². The molecule has 2 rings (SSSR count). The minimum Gasteiger partial charge on any atom is -0.506 e. The van der Waals surface area contributed by atoms with Gasteiger partial charge in [-0.15, -0.1) is 0 Å². The maximum Gasteiger partial charge on any atom is 0.138 e. The maximum absolute atomic E-state index is 9.74. The summed E-state index contributed by atoms with van der Waals surface area (Å²) in [6.07, 6.45) is 2.36. The molecule has 4 heteroatoms. The summed E-state index contributed by atoms with van der Waals surface area (Å²) in [7, 11) is 0. The van der Waals surface area contributed by atoms with Crippen molar-refractivity contribution < 1.29 is 9.84 Å². The molecule has 0 amide bonds. The van der Waals surface area contributed by atoms with Crippen molar-refractivity contribution in [2.24, 2.45) is 5.92 Å². The van der Waals surface area contributed by atoms with Crippen LogP contribution in [-0.4, -0.2) is 24.9 Å². The van der Waals surface area contributed by atoms with Crippen LogP contribution in [0, 0.1) is 5.92 Å². The minimum absolute atomic E-state index is 0.182. The van der Waals surface area contributed by atoms with E-state index in [9.17, 15) is 5.11 Å². The molecule has 0 spiro atoms. The van der Waals surface area contributed by atoms with E-state index in [4.69, 9.17) is 16.3 Å². The van der Waals surface area contributed by atoms with Crippen molar-refractivity contribution in [2.45, 2.75) is 19.4 Å². The highest BCUT2D eigenvalue weighted by Crippen LogP contribution is 2.26. The second kappa shape index (κ2) is 6.24. The molecule has 2 N–H and O–H groups in total. The third kappa shape index (κ3) is 3.60. The monoisotopic (exact) mass is 255 g/mol. The van der Waals surface area contributed by atoms with Crippen LogP contribution in [0.15, 0.2) is 18.2 Å². The van der Waals surface area contributed by atoms with Gasteiger partial charge in [-0.05, 0) is 24.8 Å². The number of aromatic hydroxyl groups is 1. The number of hydrogen-bond donors (Lipinski definition) is 2. The van der Waals surface area contributed by atoms with E-state index >= 15 is 0 Å². The van der Waals surface area contributed by atoms with Gasteiger partial charge in [0.2, 0.25) is 0 Å². The van der Waals surface area contributed by atoms with E-state index in [1.54, 1.807) is 6.07 Å². The van der Waals surface area contributed by atoms with Crippen LogP contribution in [-0.2, 0) is 11.3 Å². The lowest BCUT2D eigenvalue weighted by molar-refractivity contribution is 0.0547. The Morgan fingerprint density at radius 3 is 3.12 bits per heavy atom. The number of nitrogens with one attached hydrogen (secondary N) is 1. The molecule has 0 saturated carbocycles. The summed E-state index contributed by atoms with van der Waals surface area (Å²) in [6.45, 7) is 3.30. The molecule has 1 atom stereocenters. The Bertz CT molecular complexity index is 364. The van der Waals surface area contributed by atoms with Gasteiger partial charge in [-0.2, -0.15) is 0 Å². The third-order valence-electron chi connectivity index (χ3n) is 3.07. The average molecular weight is 256 g/mol. The first-order valence-corrected chi connectivity index (χ1v) is 6.40. The summed E-state index contributed by atoms with van der Waals surface area (Å²) in [5, 5.41) is 13.5. The summed E-state index contributed by atoms with van der Waals surface area (Å²) in [4.78, 5) is 0. The van der Waals surface area contributed by atoms with E-state index in [0.717, 1.165) is 31.7 Å². The molecule has 94 valence electrons. The molecule has 17 heavy (non-hydrogen) atoms. The molecule has 1 unspecified atom stereocenters. The van der Waals surface area contributed by atoms with Gasteiger partial charge in [-0.1, -0.05) is 23.7 Å². The summed E-state index contributed by atoms with van der Waals surface area (Å²) in [5.41, 5.74) is 0.842. The normalized spacial score (nSPS) is 20.4. The van der Waals surface area contributed by atoms with Gasteiger partial charge < -0.3 is 15.2 Å². The minimum atomic E-state index is 0.182. The van der Waals surface area contributed by atoms with E-state index in [2.05, 4.69) is 5.32 Å². The van der Waals surface area contributed by atoms with Crippen LogP contribution >= 0.6 is 11.6 Å². The lowest BCUT2D eigenvalue weighted by Gasteiger charge is -2.22. The number of benzene rings is 1. The molecule has 1 heterocycles. The Hall–Kier alpha value is -0.770. The Morgan fingerprint density at radius 1 is 1.47 bits per heavy atom. The summed E-state index contributed by atoms with van der Waals surface area (Å²) < 4.78 is 5.42. The van der Waals surface area contributed by atoms with Crippen molar-refractivity contribution >= 4 is 11.6 Å². The maximum atomic E-state index is 9.74. The van der Waals surface area contributed by atoms with Crippen LogP contribution in [0.3, 0.4) is 0 Å². The molecule has 0 bridgehead atoms. The predicted molar refractivity (Wildman–Crippen MR) is 68.4 cm³/mol. The van der Waals surface area contributed by atoms with Crippen molar-refractivity contribution in [2.75, 3.05) is 19.8 Å². The lowest BCUT2D eigenvalue weighted by Crippen LogP contribution is -2.28. The van der Waals surface area contributed by atoms with Crippen LogP contribution in [0.1, 0.15) is 18.4 Å². The van der Waals surface area contributed by atoms with Crippen LogP contribution in [0.5, 0.6) is 5.75 Å². The van der Waals surface area contributed by atoms with Gasteiger partial charge in [0.15, 0.2) is 0 Å². The molecule has 0 aliphatic carbocycles. The van der Waals surface area contributed by atoms with Crippen molar-refractivity contribution in [3.8, 4) is 5.75 Å². The summed E-state index contributed by atoms with van der Waals surface area (Å²) in [6, 6.07) is 5.42. The van der Waals surface area contributed by atoms with Crippen molar-refractivity contribution in [3.05, 3.63) is 28.8 Å². The first kappa shape index (κ1) is 12.7.